The van der Waals surface area contributed by atoms with Crippen LogP contribution in [0.3, 0.4) is 0 Å². The van der Waals surface area contributed by atoms with Crippen molar-refractivity contribution >= 4 is 31.9 Å². The van der Waals surface area contributed by atoms with E-state index < -0.39 is 0 Å². The lowest BCUT2D eigenvalue weighted by molar-refractivity contribution is 0.237. The number of rotatable bonds is 2. The van der Waals surface area contributed by atoms with E-state index in [0.29, 0.717) is 6.04 Å². The van der Waals surface area contributed by atoms with E-state index in [4.69, 9.17) is 5.73 Å². The van der Waals surface area contributed by atoms with Crippen LogP contribution in [0.5, 0.6) is 0 Å². The maximum absolute atomic E-state index is 6.29. The lowest BCUT2D eigenvalue weighted by Gasteiger charge is -2.27. The van der Waals surface area contributed by atoms with Crippen molar-refractivity contribution in [3.8, 4) is 0 Å². The van der Waals surface area contributed by atoms with E-state index in [1.807, 2.05) is 0 Å². The highest BCUT2D eigenvalue weighted by molar-refractivity contribution is 9.13. The Kier molecular flexibility index (Phi) is 3.32. The molecule has 0 radical (unpaired) electrons. The molecule has 0 aromatic heterocycles. The van der Waals surface area contributed by atoms with Gasteiger partial charge >= 0.3 is 0 Å². The number of hydrogen-bond acceptors (Lipinski definition) is 2. The monoisotopic (exact) mass is 358 g/mol. The minimum Gasteiger partial charge on any atom is -0.326 e. The van der Waals surface area contributed by atoms with Gasteiger partial charge in [-0.2, -0.15) is 0 Å². The summed E-state index contributed by atoms with van der Waals surface area (Å²) in [6.07, 6.45) is 3.82. The second kappa shape index (κ2) is 4.65. The average Bonchev–Trinajstić information content (AvgIpc) is 3.07. The lowest BCUT2D eigenvalue weighted by atomic mass is 10.0. The molecule has 3 rings (SSSR count). The van der Waals surface area contributed by atoms with Gasteiger partial charge in [-0.1, -0.05) is 6.07 Å². The third kappa shape index (κ3) is 2.33. The Balaban J connectivity index is 1.91. The van der Waals surface area contributed by atoms with Crippen molar-refractivity contribution in [2.24, 2.45) is 5.73 Å². The van der Waals surface area contributed by atoms with Crippen LogP contribution < -0.4 is 5.73 Å². The Hall–Kier alpha value is 0.1000. The van der Waals surface area contributed by atoms with Crippen LogP contribution in [0.15, 0.2) is 27.1 Å². The molecule has 2 unspecified atom stereocenters. The Morgan fingerprint density at radius 1 is 1.12 bits per heavy atom. The average molecular weight is 360 g/mol. The predicted molar refractivity (Wildman–Crippen MR) is 76.9 cm³/mol. The third-order valence-electron chi connectivity index (χ3n) is 3.78. The minimum atomic E-state index is 0.281. The van der Waals surface area contributed by atoms with Crippen LogP contribution in [-0.4, -0.2) is 23.5 Å². The SMILES string of the molecule is NC1CCN(C2CC2)C1c1ccc(Br)c(Br)c1. The number of benzene rings is 1. The fraction of sp³-hybridized carbons (Fsp3) is 0.538. The van der Waals surface area contributed by atoms with E-state index in [1.54, 1.807) is 0 Å². The van der Waals surface area contributed by atoms with Crippen molar-refractivity contribution in [2.45, 2.75) is 37.4 Å². The van der Waals surface area contributed by atoms with Gasteiger partial charge in [-0.3, -0.25) is 4.90 Å². The Morgan fingerprint density at radius 3 is 2.53 bits per heavy atom. The van der Waals surface area contributed by atoms with Crippen LogP contribution >= 0.6 is 31.9 Å². The summed E-state index contributed by atoms with van der Waals surface area (Å²) in [6, 6.07) is 7.98. The van der Waals surface area contributed by atoms with E-state index in [1.165, 1.54) is 18.4 Å². The molecule has 1 heterocycles. The quantitative estimate of drug-likeness (QED) is 0.876. The Morgan fingerprint density at radius 2 is 1.88 bits per heavy atom. The Labute approximate surface area is 119 Å². The predicted octanol–water partition coefficient (Wildman–Crippen LogP) is 3.45. The van der Waals surface area contributed by atoms with Crippen molar-refractivity contribution in [3.63, 3.8) is 0 Å². The van der Waals surface area contributed by atoms with E-state index in [9.17, 15) is 0 Å². The van der Waals surface area contributed by atoms with Gasteiger partial charge < -0.3 is 5.73 Å². The number of nitrogens with two attached hydrogens (primary N) is 1. The molecule has 92 valence electrons. The molecule has 2 N–H and O–H groups in total. The lowest BCUT2D eigenvalue weighted by Crippen LogP contribution is -2.33. The summed E-state index contributed by atoms with van der Waals surface area (Å²) in [5.41, 5.74) is 7.63. The second-order valence-electron chi connectivity index (χ2n) is 5.04. The standard InChI is InChI=1S/C13H16Br2N2/c14-10-4-1-8(7-11(10)15)13-12(16)5-6-17(13)9-2-3-9/h1,4,7,9,12-13H,2-3,5-6,16H2. The molecule has 1 saturated heterocycles. The molecule has 1 saturated carbocycles. The molecule has 1 aliphatic carbocycles. The van der Waals surface area contributed by atoms with Gasteiger partial charge in [-0.15, -0.1) is 0 Å². The van der Waals surface area contributed by atoms with Crippen molar-refractivity contribution in [3.05, 3.63) is 32.7 Å². The molecule has 4 heteroatoms. The molecule has 0 bridgehead atoms. The Bertz CT molecular complexity index is 431. The molecule has 1 aliphatic heterocycles. The first kappa shape index (κ1) is 12.2. The normalized spacial score (nSPS) is 29.8. The smallest absolute Gasteiger partial charge is 0.0503 e. The summed E-state index contributed by atoms with van der Waals surface area (Å²) in [5.74, 6) is 0. The number of nitrogens with zero attached hydrogens (tertiary/aromatic N) is 1. The molecule has 2 atom stereocenters. The molecule has 2 fully saturated rings. The topological polar surface area (TPSA) is 29.3 Å². The van der Waals surface area contributed by atoms with Crippen LogP contribution in [0.2, 0.25) is 0 Å². The highest BCUT2D eigenvalue weighted by Gasteiger charge is 2.41. The van der Waals surface area contributed by atoms with Crippen molar-refractivity contribution in [2.75, 3.05) is 6.54 Å². The molecule has 1 aromatic carbocycles. The van der Waals surface area contributed by atoms with Gasteiger partial charge in [0.15, 0.2) is 0 Å². The fourth-order valence-corrected chi connectivity index (χ4v) is 3.44. The highest BCUT2D eigenvalue weighted by atomic mass is 79.9. The zero-order chi connectivity index (χ0) is 12.0. The molecule has 0 amide bonds. The van der Waals surface area contributed by atoms with E-state index in [2.05, 4.69) is 55.0 Å². The van der Waals surface area contributed by atoms with Crippen LogP contribution in [-0.2, 0) is 0 Å². The molecular formula is C13H16Br2N2. The minimum absolute atomic E-state index is 0.281. The molecule has 2 nitrogen and oxygen atoms in total. The fourth-order valence-electron chi connectivity index (χ4n) is 2.79. The number of hydrogen-bond donors (Lipinski definition) is 1. The van der Waals surface area contributed by atoms with E-state index in [0.717, 1.165) is 28.0 Å². The first-order valence-electron chi connectivity index (χ1n) is 6.13. The third-order valence-corrected chi connectivity index (χ3v) is 5.66. The van der Waals surface area contributed by atoms with Gasteiger partial charge in [0.2, 0.25) is 0 Å². The molecule has 2 aliphatic rings. The highest BCUT2D eigenvalue weighted by Crippen LogP contribution is 2.41. The van der Waals surface area contributed by atoms with E-state index >= 15 is 0 Å². The molecular weight excluding hydrogens is 344 g/mol. The van der Waals surface area contributed by atoms with Gasteiger partial charge in [0, 0.05) is 27.6 Å². The van der Waals surface area contributed by atoms with Crippen molar-refractivity contribution in [1.29, 1.82) is 0 Å². The summed E-state index contributed by atoms with van der Waals surface area (Å²) in [6.45, 7) is 1.16. The summed E-state index contributed by atoms with van der Waals surface area (Å²) < 4.78 is 2.22. The van der Waals surface area contributed by atoms with Crippen LogP contribution in [0.4, 0.5) is 0 Å². The maximum atomic E-state index is 6.29. The van der Waals surface area contributed by atoms with Crippen LogP contribution in [0, 0.1) is 0 Å². The molecule has 1 aromatic rings. The van der Waals surface area contributed by atoms with E-state index in [-0.39, 0.29) is 6.04 Å². The zero-order valence-electron chi connectivity index (χ0n) is 9.57. The van der Waals surface area contributed by atoms with Crippen molar-refractivity contribution < 1.29 is 0 Å². The van der Waals surface area contributed by atoms with Crippen molar-refractivity contribution in [1.82, 2.24) is 4.90 Å². The molecule has 0 spiro atoms. The van der Waals surface area contributed by atoms with Gasteiger partial charge in [0.05, 0.1) is 6.04 Å². The van der Waals surface area contributed by atoms with Gasteiger partial charge in [0.1, 0.15) is 0 Å². The zero-order valence-corrected chi connectivity index (χ0v) is 12.7. The summed E-state index contributed by atoms with van der Waals surface area (Å²) in [7, 11) is 0. The summed E-state index contributed by atoms with van der Waals surface area (Å²) in [5, 5.41) is 0. The number of likely N-dealkylation sites (tertiary alicyclic amines) is 1. The van der Waals surface area contributed by atoms with Crippen LogP contribution in [0.25, 0.3) is 0 Å². The van der Waals surface area contributed by atoms with Crippen LogP contribution in [0.1, 0.15) is 30.9 Å². The van der Waals surface area contributed by atoms with Gasteiger partial charge in [-0.25, -0.2) is 0 Å². The largest absolute Gasteiger partial charge is 0.326 e. The second-order valence-corrected chi connectivity index (χ2v) is 6.75. The van der Waals surface area contributed by atoms with Gasteiger partial charge in [0.25, 0.3) is 0 Å². The summed E-state index contributed by atoms with van der Waals surface area (Å²) >= 11 is 7.10. The van der Waals surface area contributed by atoms with Gasteiger partial charge in [-0.05, 0) is 68.8 Å². The maximum Gasteiger partial charge on any atom is 0.0503 e. The first-order chi connectivity index (χ1) is 8.16. The first-order valence-corrected chi connectivity index (χ1v) is 7.71. The summed E-state index contributed by atoms with van der Waals surface area (Å²) in [4.78, 5) is 2.60. The molecule has 17 heavy (non-hydrogen) atoms. The number of halogens is 2.